The maximum absolute atomic E-state index is 4.90. The molecule has 0 amide bonds. The van der Waals surface area contributed by atoms with Gasteiger partial charge >= 0.3 is 41.5 Å². The number of hydrogen-bond acceptors (Lipinski definition) is 3. The fraction of sp³-hybridized carbons (Fsp3) is 0.240. The Bertz CT molecular complexity index is 1110. The third kappa shape index (κ3) is 9.02. The molecule has 9 heteroatoms. The van der Waals surface area contributed by atoms with E-state index in [0.29, 0.717) is 0 Å². The van der Waals surface area contributed by atoms with Crippen LogP contribution in [-0.4, -0.2) is 16.4 Å². The average Bonchev–Trinajstić information content (AvgIpc) is 2.72. The zero-order valence-electron chi connectivity index (χ0n) is 19.6. The van der Waals surface area contributed by atoms with Gasteiger partial charge in [-0.3, -0.25) is 9.98 Å². The average molecular weight is 784 g/mol. The molecule has 1 heterocycles. The van der Waals surface area contributed by atoms with E-state index in [2.05, 4.69) is 97.1 Å². The standard InChI is InChI=1S/C25H25I2N3.3ClH.Fe/c1-14-10-20(26)11-15(2)24(14)28-18(5)22-8-7-9-23(30-22)19(6)29-25-16(3)12-21(27)13-17(25)4;;;;/h7-13H,1-6H3;3*1H;/q;;;;+3/p-3. The molecule has 0 radical (unpaired) electrons. The Morgan fingerprint density at radius 3 is 1.29 bits per heavy atom. The second-order valence-electron chi connectivity index (χ2n) is 7.73. The molecule has 0 aliphatic rings. The monoisotopic (exact) mass is 782 g/mol. The molecule has 0 N–H and O–H groups in total. The van der Waals surface area contributed by atoms with Crippen LogP contribution in [0.5, 0.6) is 0 Å². The Morgan fingerprint density at radius 2 is 1.00 bits per heavy atom. The van der Waals surface area contributed by atoms with Crippen molar-refractivity contribution in [3.63, 3.8) is 0 Å². The molecule has 34 heavy (non-hydrogen) atoms. The van der Waals surface area contributed by atoms with Crippen LogP contribution < -0.4 is 0 Å². The van der Waals surface area contributed by atoms with Gasteiger partial charge in [0.15, 0.2) is 0 Å². The number of halogens is 5. The quantitative estimate of drug-likeness (QED) is 0.148. The number of rotatable bonds is 4. The summed E-state index contributed by atoms with van der Waals surface area (Å²) in [6, 6.07) is 14.7. The number of nitrogens with zero attached hydrogens (tertiary/aromatic N) is 3. The van der Waals surface area contributed by atoms with E-state index in [4.69, 9.17) is 45.3 Å². The first-order valence-electron chi connectivity index (χ1n) is 10.2. The molecule has 2 aromatic carbocycles. The van der Waals surface area contributed by atoms with Gasteiger partial charge in [-0.2, -0.15) is 0 Å². The fourth-order valence-electron chi connectivity index (χ4n) is 3.45. The molecular formula is C25H25Cl3FeI2N3. The molecule has 0 aliphatic heterocycles. The first-order valence-corrected chi connectivity index (χ1v) is 16.9. The van der Waals surface area contributed by atoms with Crippen molar-refractivity contribution in [2.75, 3.05) is 0 Å². The Morgan fingerprint density at radius 1 is 0.706 bits per heavy atom. The summed E-state index contributed by atoms with van der Waals surface area (Å²) in [6.45, 7) is 12.5. The van der Waals surface area contributed by atoms with Gasteiger partial charge in [0.2, 0.25) is 0 Å². The van der Waals surface area contributed by atoms with Crippen LogP contribution in [0, 0.1) is 34.8 Å². The molecule has 1 aromatic heterocycles. The van der Waals surface area contributed by atoms with Gasteiger partial charge in [0.25, 0.3) is 0 Å². The molecule has 183 valence electrons. The van der Waals surface area contributed by atoms with E-state index in [1.807, 2.05) is 32.0 Å². The minimum absolute atomic E-state index is 0.871. The summed E-state index contributed by atoms with van der Waals surface area (Å²) in [5, 5.41) is 0. The van der Waals surface area contributed by atoms with Gasteiger partial charge < -0.3 is 0 Å². The zero-order chi connectivity index (χ0) is 25.6. The van der Waals surface area contributed by atoms with E-state index in [0.717, 1.165) is 34.2 Å². The molecule has 0 saturated heterocycles. The predicted molar refractivity (Wildman–Crippen MR) is 163 cm³/mol. The van der Waals surface area contributed by atoms with E-state index in [1.165, 1.54) is 29.4 Å². The van der Waals surface area contributed by atoms with Gasteiger partial charge in [-0.15, -0.1) is 0 Å². The first-order chi connectivity index (χ1) is 15.9. The Hall–Kier alpha value is -0.221. The van der Waals surface area contributed by atoms with E-state index >= 15 is 0 Å². The number of benzene rings is 2. The number of aromatic nitrogens is 1. The van der Waals surface area contributed by atoms with Crippen molar-refractivity contribution < 1.29 is 11.2 Å². The van der Waals surface area contributed by atoms with Gasteiger partial charge in [-0.05, 0) is 145 Å². The summed E-state index contributed by atoms with van der Waals surface area (Å²) < 4.78 is 2.46. The SMILES string of the molecule is CC(=Nc1c(C)cc(I)cc1C)c1cccc(C(C)=Nc2c(C)cc(I)cc2C)n1.[Cl][Fe]([Cl])[Cl]. The van der Waals surface area contributed by atoms with E-state index in [9.17, 15) is 0 Å². The van der Waals surface area contributed by atoms with E-state index in [1.54, 1.807) is 0 Å². The summed E-state index contributed by atoms with van der Waals surface area (Å²) in [5.74, 6) is 0. The molecule has 3 nitrogen and oxygen atoms in total. The van der Waals surface area contributed by atoms with Crippen LogP contribution in [0.3, 0.4) is 0 Å². The van der Waals surface area contributed by atoms with Crippen LogP contribution in [0.2, 0.25) is 0 Å². The summed E-state index contributed by atoms with van der Waals surface area (Å²) in [6.07, 6.45) is 0. The van der Waals surface area contributed by atoms with E-state index in [-0.39, 0.29) is 0 Å². The fourth-order valence-corrected chi connectivity index (χ4v) is 5.31. The maximum atomic E-state index is 4.90. The number of aryl methyl sites for hydroxylation is 4. The summed E-state index contributed by atoms with van der Waals surface area (Å²) in [7, 11) is 14.7. The van der Waals surface area contributed by atoms with Crippen molar-refractivity contribution in [2.24, 2.45) is 9.98 Å². The number of aliphatic imine (C=N–C) groups is 2. The van der Waals surface area contributed by atoms with Gasteiger partial charge in [0, 0.05) is 7.14 Å². The molecule has 0 atom stereocenters. The van der Waals surface area contributed by atoms with Crippen LogP contribution in [0.25, 0.3) is 0 Å². The Kier molecular flexibility index (Phi) is 12.3. The molecule has 0 aliphatic carbocycles. The Balaban J connectivity index is 0.000000945. The van der Waals surface area contributed by atoms with Crippen LogP contribution >= 0.6 is 75.5 Å². The molecule has 0 bridgehead atoms. The minimum atomic E-state index is -1.33. The van der Waals surface area contributed by atoms with Crippen LogP contribution in [0.4, 0.5) is 11.4 Å². The van der Waals surface area contributed by atoms with Crippen LogP contribution in [0.15, 0.2) is 52.4 Å². The predicted octanol–water partition coefficient (Wildman–Crippen LogP) is 9.87. The van der Waals surface area contributed by atoms with Crippen molar-refractivity contribution in [3.8, 4) is 0 Å². The third-order valence-corrected chi connectivity index (χ3v) is 6.21. The van der Waals surface area contributed by atoms with Gasteiger partial charge in [-0.25, -0.2) is 4.98 Å². The van der Waals surface area contributed by atoms with Crippen molar-refractivity contribution in [3.05, 3.63) is 83.2 Å². The topological polar surface area (TPSA) is 37.6 Å². The molecular weight excluding hydrogens is 758 g/mol. The van der Waals surface area contributed by atoms with Crippen molar-refractivity contribution in [1.29, 1.82) is 0 Å². The number of pyridine rings is 1. The molecule has 0 spiro atoms. The second kappa shape index (κ2) is 13.9. The summed E-state index contributed by atoms with van der Waals surface area (Å²) >= 11 is 3.36. The molecule has 0 fully saturated rings. The zero-order valence-corrected chi connectivity index (χ0v) is 27.3. The van der Waals surface area contributed by atoms with Gasteiger partial charge in [0.1, 0.15) is 0 Å². The third-order valence-electron chi connectivity index (χ3n) is 4.96. The first kappa shape index (κ1) is 30.0. The van der Waals surface area contributed by atoms with Crippen LogP contribution in [-0.2, 0) is 11.2 Å². The van der Waals surface area contributed by atoms with Crippen molar-refractivity contribution >= 4 is 98.3 Å². The Labute approximate surface area is 246 Å². The van der Waals surface area contributed by atoms with Gasteiger partial charge in [-0.1, -0.05) is 6.07 Å². The molecule has 3 rings (SSSR count). The normalized spacial score (nSPS) is 12.3. The summed E-state index contributed by atoms with van der Waals surface area (Å²) in [4.78, 5) is 14.7. The van der Waals surface area contributed by atoms with Gasteiger partial charge in [0.05, 0.1) is 34.2 Å². The second-order valence-corrected chi connectivity index (χ2v) is 15.7. The van der Waals surface area contributed by atoms with E-state index < -0.39 is 11.2 Å². The molecule has 3 aromatic rings. The number of hydrogen-bond donors (Lipinski definition) is 0. The van der Waals surface area contributed by atoms with Crippen LogP contribution in [0.1, 0.15) is 47.5 Å². The molecule has 0 saturated carbocycles. The van der Waals surface area contributed by atoms with Crippen molar-refractivity contribution in [2.45, 2.75) is 41.5 Å². The van der Waals surface area contributed by atoms with Crippen molar-refractivity contribution in [1.82, 2.24) is 4.98 Å². The molecule has 0 unspecified atom stereocenters. The summed E-state index contributed by atoms with van der Waals surface area (Å²) in [5.41, 5.74) is 10.3.